The van der Waals surface area contributed by atoms with Crippen molar-refractivity contribution in [3.05, 3.63) is 66.1 Å². The molecule has 1 atom stereocenters. The third-order valence-corrected chi connectivity index (χ3v) is 6.06. The molecule has 5 rings (SSSR count). The maximum Gasteiger partial charge on any atom is 0.339 e. The Morgan fingerprint density at radius 2 is 1.94 bits per heavy atom. The molecular formula is C26H26N4O4. The summed E-state index contributed by atoms with van der Waals surface area (Å²) < 4.78 is 12.9. The van der Waals surface area contributed by atoms with Crippen molar-refractivity contribution in [1.29, 1.82) is 0 Å². The fourth-order valence-electron chi connectivity index (χ4n) is 4.37. The topological polar surface area (TPSA) is 90.5 Å². The van der Waals surface area contributed by atoms with Crippen LogP contribution in [0, 0.1) is 0 Å². The number of carbonyl (C=O) groups excluding carboxylic acids is 2. The van der Waals surface area contributed by atoms with E-state index >= 15 is 0 Å². The van der Waals surface area contributed by atoms with Crippen LogP contribution in [0.25, 0.3) is 22.5 Å². The van der Waals surface area contributed by atoms with E-state index in [1.165, 1.54) is 0 Å². The van der Waals surface area contributed by atoms with Crippen molar-refractivity contribution in [3.63, 3.8) is 0 Å². The van der Waals surface area contributed by atoms with Crippen molar-refractivity contribution in [1.82, 2.24) is 14.8 Å². The standard InChI is InChI=1S/C26H26N4O4/c1-16(2)30-24-20(15-27-30)19(14-21(28-24)23-11-7-13-33-23)26(32)34-17(3)25(31)29-12-6-9-18-8-4-5-10-22(18)29/h4-5,7-8,10-11,13-17H,6,9,12H2,1-3H3. The number of fused-ring (bicyclic) bond motifs is 2. The molecule has 1 amide bonds. The second-order valence-corrected chi connectivity index (χ2v) is 8.72. The minimum atomic E-state index is -0.950. The van der Waals surface area contributed by atoms with E-state index in [0.717, 1.165) is 24.1 Å². The first kappa shape index (κ1) is 21.9. The van der Waals surface area contributed by atoms with E-state index in [1.807, 2.05) is 38.1 Å². The Balaban J connectivity index is 1.46. The summed E-state index contributed by atoms with van der Waals surface area (Å²) in [6.07, 6.45) is 4.01. The number of amides is 1. The summed E-state index contributed by atoms with van der Waals surface area (Å²) >= 11 is 0. The Morgan fingerprint density at radius 3 is 2.71 bits per heavy atom. The molecule has 1 aromatic carbocycles. The number of nitrogens with zero attached hydrogens (tertiary/aromatic N) is 4. The van der Waals surface area contributed by atoms with Crippen LogP contribution in [-0.2, 0) is 16.0 Å². The summed E-state index contributed by atoms with van der Waals surface area (Å²) in [7, 11) is 0. The molecule has 0 N–H and O–H groups in total. The number of hydrogen-bond acceptors (Lipinski definition) is 6. The van der Waals surface area contributed by atoms with Crippen LogP contribution in [0.1, 0.15) is 49.2 Å². The van der Waals surface area contributed by atoms with Crippen LogP contribution >= 0.6 is 0 Å². The summed E-state index contributed by atoms with van der Waals surface area (Å²) in [5, 5.41) is 4.98. The number of ether oxygens (including phenoxy) is 1. The Labute approximate surface area is 197 Å². The molecule has 0 spiro atoms. The lowest BCUT2D eigenvalue weighted by atomic mass is 10.0. The molecule has 1 aliphatic rings. The average molecular weight is 459 g/mol. The molecule has 3 aromatic heterocycles. The Morgan fingerprint density at radius 1 is 1.12 bits per heavy atom. The summed E-state index contributed by atoms with van der Waals surface area (Å²) in [5.41, 5.74) is 3.35. The monoisotopic (exact) mass is 458 g/mol. The zero-order chi connectivity index (χ0) is 23.8. The van der Waals surface area contributed by atoms with Crippen LogP contribution in [0.3, 0.4) is 0 Å². The van der Waals surface area contributed by atoms with Gasteiger partial charge in [0.25, 0.3) is 5.91 Å². The van der Waals surface area contributed by atoms with Crippen LogP contribution in [0.15, 0.2) is 59.3 Å². The Kier molecular flexibility index (Phi) is 5.65. The van der Waals surface area contributed by atoms with Crippen molar-refractivity contribution in [2.75, 3.05) is 11.4 Å². The number of aryl methyl sites for hydroxylation is 1. The highest BCUT2D eigenvalue weighted by Crippen LogP contribution is 2.29. The quantitative estimate of drug-likeness (QED) is 0.399. The van der Waals surface area contributed by atoms with Crippen molar-refractivity contribution >= 4 is 28.6 Å². The van der Waals surface area contributed by atoms with Crippen molar-refractivity contribution in [2.45, 2.75) is 45.8 Å². The number of para-hydroxylation sites is 1. The normalized spacial score (nSPS) is 14.3. The Bertz CT molecular complexity index is 1360. The molecule has 0 bridgehead atoms. The van der Waals surface area contributed by atoms with E-state index in [-0.39, 0.29) is 11.9 Å². The first-order valence-corrected chi connectivity index (χ1v) is 11.5. The minimum Gasteiger partial charge on any atom is -0.463 e. The smallest absolute Gasteiger partial charge is 0.339 e. The summed E-state index contributed by atoms with van der Waals surface area (Å²) in [6, 6.07) is 13.1. The van der Waals surface area contributed by atoms with Crippen molar-refractivity contribution < 1.29 is 18.7 Å². The van der Waals surface area contributed by atoms with Gasteiger partial charge in [0.2, 0.25) is 0 Å². The van der Waals surface area contributed by atoms with Gasteiger partial charge in [-0.25, -0.2) is 14.5 Å². The average Bonchev–Trinajstić information content (AvgIpc) is 3.52. The number of hydrogen-bond donors (Lipinski definition) is 0. The maximum atomic E-state index is 13.3. The molecule has 1 unspecified atom stereocenters. The number of rotatable bonds is 5. The second kappa shape index (κ2) is 8.78. The first-order valence-electron chi connectivity index (χ1n) is 11.5. The molecule has 174 valence electrons. The third-order valence-electron chi connectivity index (χ3n) is 6.06. The van der Waals surface area contributed by atoms with Gasteiger partial charge >= 0.3 is 5.97 Å². The van der Waals surface area contributed by atoms with Gasteiger partial charge in [0.15, 0.2) is 17.5 Å². The number of anilines is 1. The van der Waals surface area contributed by atoms with E-state index in [4.69, 9.17) is 9.15 Å². The molecule has 0 aliphatic carbocycles. The maximum absolute atomic E-state index is 13.3. The number of aromatic nitrogens is 3. The minimum absolute atomic E-state index is 0.0420. The summed E-state index contributed by atoms with van der Waals surface area (Å²) in [5.74, 6) is -0.314. The number of benzene rings is 1. The molecule has 0 saturated carbocycles. The zero-order valence-corrected chi connectivity index (χ0v) is 19.4. The summed E-state index contributed by atoms with van der Waals surface area (Å²) in [6.45, 7) is 6.19. The SMILES string of the molecule is CC(OC(=O)c1cc(-c2ccco2)nc2c1cnn2C(C)C)C(=O)N1CCCc2ccccc21. The Hall–Kier alpha value is -3.94. The number of carbonyl (C=O) groups is 2. The van der Waals surface area contributed by atoms with Crippen LogP contribution in [0.2, 0.25) is 0 Å². The fourth-order valence-corrected chi connectivity index (χ4v) is 4.37. The van der Waals surface area contributed by atoms with E-state index < -0.39 is 12.1 Å². The molecule has 0 saturated heterocycles. The predicted octanol–water partition coefficient (Wildman–Crippen LogP) is 4.80. The fraction of sp³-hybridized carbons (Fsp3) is 0.308. The van der Waals surface area contributed by atoms with E-state index in [2.05, 4.69) is 10.1 Å². The molecular weight excluding hydrogens is 432 g/mol. The van der Waals surface area contributed by atoms with Crippen LogP contribution < -0.4 is 4.90 Å². The molecule has 0 radical (unpaired) electrons. The van der Waals surface area contributed by atoms with Crippen molar-refractivity contribution in [3.8, 4) is 11.5 Å². The number of furan rings is 1. The summed E-state index contributed by atoms with van der Waals surface area (Å²) in [4.78, 5) is 32.9. The molecule has 0 fully saturated rings. The molecule has 4 heterocycles. The molecule has 34 heavy (non-hydrogen) atoms. The van der Waals surface area contributed by atoms with E-state index in [9.17, 15) is 9.59 Å². The molecule has 8 heteroatoms. The molecule has 1 aliphatic heterocycles. The lowest BCUT2D eigenvalue weighted by Gasteiger charge is -2.31. The largest absolute Gasteiger partial charge is 0.463 e. The van der Waals surface area contributed by atoms with Gasteiger partial charge in [-0.3, -0.25) is 4.79 Å². The van der Waals surface area contributed by atoms with Crippen LogP contribution in [0.4, 0.5) is 5.69 Å². The number of pyridine rings is 1. The van der Waals surface area contributed by atoms with Gasteiger partial charge < -0.3 is 14.1 Å². The zero-order valence-electron chi connectivity index (χ0n) is 19.4. The highest BCUT2D eigenvalue weighted by atomic mass is 16.5. The predicted molar refractivity (Wildman–Crippen MR) is 128 cm³/mol. The van der Waals surface area contributed by atoms with Crippen LogP contribution in [-0.4, -0.2) is 39.3 Å². The third kappa shape index (κ3) is 3.85. The molecule has 4 aromatic rings. The van der Waals surface area contributed by atoms with Gasteiger partial charge in [-0.2, -0.15) is 5.10 Å². The highest BCUT2D eigenvalue weighted by Gasteiger charge is 2.30. The number of esters is 1. The van der Waals surface area contributed by atoms with Gasteiger partial charge in [0, 0.05) is 18.3 Å². The highest BCUT2D eigenvalue weighted by molar-refractivity contribution is 6.05. The van der Waals surface area contributed by atoms with E-state index in [1.54, 1.807) is 47.2 Å². The lowest BCUT2D eigenvalue weighted by Crippen LogP contribution is -2.42. The first-order chi connectivity index (χ1) is 16.4. The van der Waals surface area contributed by atoms with Gasteiger partial charge in [0.1, 0.15) is 5.69 Å². The van der Waals surface area contributed by atoms with Gasteiger partial charge in [-0.1, -0.05) is 18.2 Å². The van der Waals surface area contributed by atoms with Crippen molar-refractivity contribution in [2.24, 2.45) is 0 Å². The van der Waals surface area contributed by atoms with Gasteiger partial charge in [0.05, 0.1) is 23.4 Å². The molecule has 8 nitrogen and oxygen atoms in total. The second-order valence-electron chi connectivity index (χ2n) is 8.72. The van der Waals surface area contributed by atoms with Gasteiger partial charge in [-0.15, -0.1) is 0 Å². The van der Waals surface area contributed by atoms with E-state index in [0.29, 0.717) is 34.6 Å². The van der Waals surface area contributed by atoms with Crippen LogP contribution in [0.5, 0.6) is 0 Å². The van der Waals surface area contributed by atoms with Gasteiger partial charge in [-0.05, 0) is 63.4 Å². The lowest BCUT2D eigenvalue weighted by molar-refractivity contribution is -0.126.